The van der Waals surface area contributed by atoms with Gasteiger partial charge in [-0.15, -0.1) is 0 Å². The topological polar surface area (TPSA) is 46.2 Å². The van der Waals surface area contributed by atoms with Crippen LogP contribution in [-0.4, -0.2) is 10.6 Å². The smallest absolute Gasteiger partial charge is 0.119 e. The second-order valence-corrected chi connectivity index (χ2v) is 7.65. The molecule has 2 rings (SSSR count). The van der Waals surface area contributed by atoms with Crippen LogP contribution in [0.2, 0.25) is 0 Å². The summed E-state index contributed by atoms with van der Waals surface area (Å²) >= 11 is 0. The highest BCUT2D eigenvalue weighted by molar-refractivity contribution is 5.44. The molecule has 0 aliphatic heterocycles. The van der Waals surface area contributed by atoms with Crippen LogP contribution in [0.25, 0.3) is 0 Å². The van der Waals surface area contributed by atoms with Gasteiger partial charge in [-0.1, -0.05) is 75.7 Å². The highest BCUT2D eigenvalue weighted by Crippen LogP contribution is 2.41. The van der Waals surface area contributed by atoms with Gasteiger partial charge in [-0.3, -0.25) is 0 Å². The van der Waals surface area contributed by atoms with E-state index < -0.39 is 0 Å². The van der Waals surface area contributed by atoms with E-state index in [0.717, 1.165) is 17.5 Å². The average Bonchev–Trinajstić information content (AvgIpc) is 2.55. The van der Waals surface area contributed by atoms with Crippen molar-refractivity contribution in [3.8, 4) is 5.75 Å². The van der Waals surface area contributed by atoms with Gasteiger partial charge in [0.05, 0.1) is 0 Å². The minimum absolute atomic E-state index is 0.0842. The van der Waals surface area contributed by atoms with Crippen LogP contribution in [0.4, 0.5) is 0 Å². The quantitative estimate of drug-likeness (QED) is 0.763. The predicted molar refractivity (Wildman–Crippen MR) is 102 cm³/mol. The van der Waals surface area contributed by atoms with Gasteiger partial charge in [-0.2, -0.15) is 0 Å². The van der Waals surface area contributed by atoms with Gasteiger partial charge >= 0.3 is 0 Å². The van der Waals surface area contributed by atoms with Crippen LogP contribution in [0.5, 0.6) is 5.75 Å². The molecular weight excluding hydrogens is 294 g/mol. The van der Waals surface area contributed by atoms with E-state index in [9.17, 15) is 5.11 Å². The number of hydrogen-bond acceptors (Lipinski definition) is 2. The summed E-state index contributed by atoms with van der Waals surface area (Å²) < 4.78 is 0. The van der Waals surface area contributed by atoms with Gasteiger partial charge in [-0.25, -0.2) is 0 Å². The number of aryl methyl sites for hydroxylation is 1. The molecule has 0 saturated carbocycles. The molecule has 0 aliphatic carbocycles. The van der Waals surface area contributed by atoms with E-state index in [0.29, 0.717) is 17.6 Å². The number of benzene rings is 2. The normalized spacial score (nSPS) is 13.5. The Bertz CT molecular complexity index is 653. The highest BCUT2D eigenvalue weighted by Gasteiger charge is 2.36. The molecule has 2 nitrogen and oxygen atoms in total. The molecule has 0 heterocycles. The number of phenols is 1. The first-order valence-electron chi connectivity index (χ1n) is 8.89. The summed E-state index contributed by atoms with van der Waals surface area (Å²) in [4.78, 5) is 0. The molecule has 130 valence electrons. The van der Waals surface area contributed by atoms with Crippen molar-refractivity contribution in [2.24, 2.45) is 17.6 Å². The predicted octanol–water partition coefficient (Wildman–Crippen LogP) is 5.23. The van der Waals surface area contributed by atoms with Crippen molar-refractivity contribution in [2.45, 2.75) is 52.5 Å². The van der Waals surface area contributed by atoms with Crippen LogP contribution in [0.15, 0.2) is 48.5 Å². The Hall–Kier alpha value is -1.80. The lowest BCUT2D eigenvalue weighted by molar-refractivity contribution is 0.199. The fourth-order valence-corrected chi connectivity index (χ4v) is 3.54. The van der Waals surface area contributed by atoms with Crippen LogP contribution >= 0.6 is 0 Å². The molecular formula is C22H31NO. The third kappa shape index (κ3) is 3.81. The summed E-state index contributed by atoms with van der Waals surface area (Å²) in [5, 5.41) is 10.5. The Morgan fingerprint density at radius 2 is 1.54 bits per heavy atom. The van der Waals surface area contributed by atoms with Gasteiger partial charge in [0.2, 0.25) is 0 Å². The number of rotatable bonds is 6. The first-order valence-corrected chi connectivity index (χ1v) is 8.89. The molecule has 24 heavy (non-hydrogen) atoms. The van der Waals surface area contributed by atoms with Crippen molar-refractivity contribution < 1.29 is 5.11 Å². The maximum atomic E-state index is 10.5. The second-order valence-electron chi connectivity index (χ2n) is 7.65. The maximum absolute atomic E-state index is 10.5. The Labute approximate surface area is 146 Å². The van der Waals surface area contributed by atoms with Crippen molar-refractivity contribution >= 4 is 0 Å². The van der Waals surface area contributed by atoms with Crippen molar-refractivity contribution in [1.29, 1.82) is 0 Å². The second kappa shape index (κ2) is 7.40. The van der Waals surface area contributed by atoms with Gasteiger partial charge in [-0.05, 0) is 36.8 Å². The van der Waals surface area contributed by atoms with E-state index in [2.05, 4.69) is 65.0 Å². The van der Waals surface area contributed by atoms with Crippen molar-refractivity contribution in [3.63, 3.8) is 0 Å². The zero-order valence-corrected chi connectivity index (χ0v) is 15.6. The zero-order chi connectivity index (χ0) is 17.9. The first-order chi connectivity index (χ1) is 11.3. The van der Waals surface area contributed by atoms with Crippen LogP contribution in [-0.2, 0) is 0 Å². The third-order valence-corrected chi connectivity index (χ3v) is 5.47. The van der Waals surface area contributed by atoms with Gasteiger partial charge < -0.3 is 10.8 Å². The summed E-state index contributed by atoms with van der Waals surface area (Å²) in [6.45, 7) is 10.8. The molecule has 0 amide bonds. The summed E-state index contributed by atoms with van der Waals surface area (Å²) in [6, 6.07) is 16.2. The van der Waals surface area contributed by atoms with E-state index >= 15 is 0 Å². The Morgan fingerprint density at radius 1 is 0.958 bits per heavy atom. The standard InChI is InChI=1S/C22H31NO/c1-15(2)22(23,16(3)4)14-20(18-9-7-6-8-10-18)19-13-17(5)11-12-21(19)24/h6-13,15-16,20,24H,14,23H2,1-5H3. The molecule has 1 unspecified atom stereocenters. The fourth-order valence-electron chi connectivity index (χ4n) is 3.54. The minimum atomic E-state index is -0.295. The molecule has 0 saturated heterocycles. The lowest BCUT2D eigenvalue weighted by Gasteiger charge is -2.41. The third-order valence-electron chi connectivity index (χ3n) is 5.47. The fraction of sp³-hybridized carbons (Fsp3) is 0.455. The Morgan fingerprint density at radius 3 is 2.08 bits per heavy atom. The van der Waals surface area contributed by atoms with Gasteiger partial charge in [0.1, 0.15) is 5.75 Å². The van der Waals surface area contributed by atoms with E-state index in [1.165, 1.54) is 5.56 Å². The lowest BCUT2D eigenvalue weighted by Crippen LogP contribution is -2.51. The molecule has 0 spiro atoms. The number of phenolic OH excluding ortho intramolecular Hbond substituents is 1. The zero-order valence-electron chi connectivity index (χ0n) is 15.6. The number of hydrogen-bond donors (Lipinski definition) is 2. The average molecular weight is 325 g/mol. The van der Waals surface area contributed by atoms with Crippen molar-refractivity contribution in [2.75, 3.05) is 0 Å². The summed E-state index contributed by atoms with van der Waals surface area (Å²) in [7, 11) is 0. The monoisotopic (exact) mass is 325 g/mol. The van der Waals surface area contributed by atoms with Crippen LogP contribution in [0.1, 0.15) is 56.7 Å². The molecule has 0 radical (unpaired) electrons. The molecule has 2 heteroatoms. The number of nitrogens with two attached hydrogens (primary N) is 1. The largest absolute Gasteiger partial charge is 0.508 e. The molecule has 0 aliphatic rings. The van der Waals surface area contributed by atoms with Crippen LogP contribution in [0, 0.1) is 18.8 Å². The van der Waals surface area contributed by atoms with E-state index in [-0.39, 0.29) is 11.5 Å². The van der Waals surface area contributed by atoms with E-state index in [1.54, 1.807) is 6.07 Å². The molecule has 3 N–H and O–H groups in total. The highest BCUT2D eigenvalue weighted by atomic mass is 16.3. The lowest BCUT2D eigenvalue weighted by atomic mass is 9.69. The van der Waals surface area contributed by atoms with Crippen LogP contribution in [0.3, 0.4) is 0 Å². The molecule has 0 fully saturated rings. The molecule has 1 atom stereocenters. The maximum Gasteiger partial charge on any atom is 0.119 e. The van der Waals surface area contributed by atoms with E-state index in [4.69, 9.17) is 5.73 Å². The summed E-state index contributed by atoms with van der Waals surface area (Å²) in [6.07, 6.45) is 0.809. The van der Waals surface area contributed by atoms with Crippen molar-refractivity contribution in [1.82, 2.24) is 0 Å². The minimum Gasteiger partial charge on any atom is -0.508 e. The summed E-state index contributed by atoms with van der Waals surface area (Å²) in [5.41, 5.74) is 9.90. The van der Waals surface area contributed by atoms with Gasteiger partial charge in [0, 0.05) is 17.0 Å². The van der Waals surface area contributed by atoms with Crippen molar-refractivity contribution in [3.05, 3.63) is 65.2 Å². The van der Waals surface area contributed by atoms with E-state index in [1.807, 2.05) is 12.1 Å². The van der Waals surface area contributed by atoms with Crippen LogP contribution < -0.4 is 5.73 Å². The number of aromatic hydroxyl groups is 1. The Balaban J connectivity index is 2.54. The van der Waals surface area contributed by atoms with Gasteiger partial charge in [0.15, 0.2) is 0 Å². The molecule has 0 bridgehead atoms. The molecule has 2 aromatic carbocycles. The van der Waals surface area contributed by atoms with Gasteiger partial charge in [0.25, 0.3) is 0 Å². The first kappa shape index (κ1) is 18.5. The summed E-state index contributed by atoms with van der Waals surface area (Å²) in [5.74, 6) is 1.15. The molecule has 0 aromatic heterocycles. The Kier molecular flexibility index (Phi) is 5.71. The molecule has 2 aromatic rings. The SMILES string of the molecule is Cc1ccc(O)c(C(CC(N)(C(C)C)C(C)C)c2ccccc2)c1.